The highest BCUT2D eigenvalue weighted by atomic mass is 16.1. The van der Waals surface area contributed by atoms with E-state index in [1.165, 1.54) is 6.42 Å². The number of hydrogen-bond acceptors (Lipinski definition) is 1. The van der Waals surface area contributed by atoms with Gasteiger partial charge in [0.2, 0.25) is 5.91 Å². The molecule has 23 heavy (non-hydrogen) atoms. The summed E-state index contributed by atoms with van der Waals surface area (Å²) in [6.45, 7) is 22.4. The molecular formula is C21H43NO. The van der Waals surface area contributed by atoms with Gasteiger partial charge in [0, 0.05) is 12.0 Å². The second kappa shape index (κ2) is 9.08. The minimum absolute atomic E-state index is 0.138. The van der Waals surface area contributed by atoms with Crippen LogP contribution in [-0.2, 0) is 4.79 Å². The van der Waals surface area contributed by atoms with Gasteiger partial charge in [-0.3, -0.25) is 4.79 Å². The van der Waals surface area contributed by atoms with Gasteiger partial charge < -0.3 is 5.32 Å². The highest BCUT2D eigenvalue weighted by Crippen LogP contribution is 2.33. The second-order valence-electron chi connectivity index (χ2n) is 10.5. The van der Waals surface area contributed by atoms with Crippen LogP contribution in [0.1, 0.15) is 94.9 Å². The van der Waals surface area contributed by atoms with Crippen LogP contribution >= 0.6 is 0 Å². The summed E-state index contributed by atoms with van der Waals surface area (Å²) in [4.78, 5) is 12.7. The van der Waals surface area contributed by atoms with E-state index in [0.29, 0.717) is 17.3 Å². The Morgan fingerprint density at radius 3 is 1.70 bits per heavy atom. The monoisotopic (exact) mass is 325 g/mol. The van der Waals surface area contributed by atoms with Crippen LogP contribution in [-0.4, -0.2) is 11.9 Å². The van der Waals surface area contributed by atoms with Crippen molar-refractivity contribution in [1.29, 1.82) is 0 Å². The van der Waals surface area contributed by atoms with Gasteiger partial charge in [-0.25, -0.2) is 0 Å². The summed E-state index contributed by atoms with van der Waals surface area (Å²) in [5.74, 6) is 1.49. The van der Waals surface area contributed by atoms with Gasteiger partial charge in [0.1, 0.15) is 0 Å². The van der Waals surface area contributed by atoms with Crippen molar-refractivity contribution in [3.63, 3.8) is 0 Å². The Bertz CT molecular complexity index is 346. The van der Waals surface area contributed by atoms with Gasteiger partial charge in [-0.1, -0.05) is 55.4 Å². The molecule has 1 N–H and O–H groups in total. The number of nitrogens with one attached hydrogen (secondary N) is 1. The molecule has 0 bridgehead atoms. The molecule has 0 aromatic heterocycles. The number of hydrogen-bond donors (Lipinski definition) is 1. The molecule has 0 saturated carbocycles. The van der Waals surface area contributed by atoms with Gasteiger partial charge in [-0.2, -0.15) is 0 Å². The number of carbonyl (C=O) groups excluding carboxylic acids is 1. The maximum atomic E-state index is 12.7. The van der Waals surface area contributed by atoms with Gasteiger partial charge >= 0.3 is 0 Å². The Morgan fingerprint density at radius 2 is 1.30 bits per heavy atom. The first-order chi connectivity index (χ1) is 10.2. The van der Waals surface area contributed by atoms with Crippen molar-refractivity contribution >= 4 is 5.91 Å². The topological polar surface area (TPSA) is 29.1 Å². The maximum Gasteiger partial charge on any atom is 0.223 e. The normalized spacial score (nSPS) is 17.0. The first kappa shape index (κ1) is 22.5. The lowest BCUT2D eigenvalue weighted by atomic mass is 9.76. The summed E-state index contributed by atoms with van der Waals surface area (Å²) in [5.41, 5.74) is 0.638. The lowest BCUT2D eigenvalue weighted by Gasteiger charge is -2.31. The third-order valence-electron chi connectivity index (χ3n) is 4.32. The lowest BCUT2D eigenvalue weighted by Crippen LogP contribution is -2.39. The fraction of sp³-hybridized carbons (Fsp3) is 0.952. The first-order valence-corrected chi connectivity index (χ1v) is 9.51. The van der Waals surface area contributed by atoms with Gasteiger partial charge in [-0.15, -0.1) is 0 Å². The standard InChI is InChI=1S/C21H43NO/c1-15(2)22-19(23)18(17(4)14-21(8,9)10)12-11-16(3)13-20(5,6)7/h15-18H,11-14H2,1-10H3,(H,22,23). The van der Waals surface area contributed by atoms with Crippen LogP contribution in [0.2, 0.25) is 0 Å². The van der Waals surface area contributed by atoms with E-state index in [0.717, 1.165) is 19.3 Å². The molecule has 1 amide bonds. The molecule has 3 atom stereocenters. The zero-order chi connectivity index (χ0) is 18.4. The highest BCUT2D eigenvalue weighted by molar-refractivity contribution is 5.79. The van der Waals surface area contributed by atoms with E-state index in [4.69, 9.17) is 0 Å². The summed E-state index contributed by atoms with van der Waals surface area (Å²) in [7, 11) is 0. The van der Waals surface area contributed by atoms with Gasteiger partial charge in [0.05, 0.1) is 0 Å². The average Bonchev–Trinajstić information content (AvgIpc) is 2.22. The van der Waals surface area contributed by atoms with Crippen LogP contribution in [0.15, 0.2) is 0 Å². The van der Waals surface area contributed by atoms with Crippen molar-refractivity contribution in [3.05, 3.63) is 0 Å². The van der Waals surface area contributed by atoms with E-state index < -0.39 is 0 Å². The second-order valence-corrected chi connectivity index (χ2v) is 10.5. The Hall–Kier alpha value is -0.530. The van der Waals surface area contributed by atoms with Gasteiger partial charge in [0.15, 0.2) is 0 Å². The number of amides is 1. The molecule has 0 spiro atoms. The summed E-state index contributed by atoms with van der Waals surface area (Å²) in [6.07, 6.45) is 4.46. The molecule has 0 aromatic carbocycles. The molecule has 2 nitrogen and oxygen atoms in total. The smallest absolute Gasteiger partial charge is 0.223 e. The third-order valence-corrected chi connectivity index (χ3v) is 4.32. The van der Waals surface area contributed by atoms with Crippen LogP contribution in [0.4, 0.5) is 0 Å². The summed E-state index contributed by atoms with van der Waals surface area (Å²) < 4.78 is 0. The quantitative estimate of drug-likeness (QED) is 0.578. The lowest BCUT2D eigenvalue weighted by molar-refractivity contribution is -0.127. The molecule has 3 unspecified atom stereocenters. The van der Waals surface area contributed by atoms with Crippen molar-refractivity contribution in [2.24, 2.45) is 28.6 Å². The molecule has 0 fully saturated rings. The summed E-state index contributed by atoms with van der Waals surface area (Å²) in [5, 5.41) is 3.14. The third kappa shape index (κ3) is 11.6. The number of rotatable bonds is 8. The summed E-state index contributed by atoms with van der Waals surface area (Å²) >= 11 is 0. The van der Waals surface area contributed by atoms with Crippen LogP contribution < -0.4 is 5.32 Å². The van der Waals surface area contributed by atoms with Crippen molar-refractivity contribution < 1.29 is 4.79 Å². The van der Waals surface area contributed by atoms with Crippen molar-refractivity contribution in [2.75, 3.05) is 0 Å². The number of carbonyl (C=O) groups is 1. The minimum Gasteiger partial charge on any atom is -0.354 e. The minimum atomic E-state index is 0.138. The first-order valence-electron chi connectivity index (χ1n) is 9.51. The molecule has 2 heteroatoms. The fourth-order valence-electron chi connectivity index (χ4n) is 3.79. The fourth-order valence-corrected chi connectivity index (χ4v) is 3.79. The Labute approximate surface area is 146 Å². The molecule has 138 valence electrons. The van der Waals surface area contributed by atoms with Gasteiger partial charge in [-0.05, 0) is 62.2 Å². The van der Waals surface area contributed by atoms with E-state index in [9.17, 15) is 4.79 Å². The zero-order valence-electron chi connectivity index (χ0n) is 17.5. The molecule has 0 aliphatic carbocycles. The van der Waals surface area contributed by atoms with Gasteiger partial charge in [0.25, 0.3) is 0 Å². The van der Waals surface area contributed by atoms with E-state index >= 15 is 0 Å². The van der Waals surface area contributed by atoms with Crippen molar-refractivity contribution in [1.82, 2.24) is 5.32 Å². The van der Waals surface area contributed by atoms with E-state index in [1.807, 2.05) is 13.8 Å². The van der Waals surface area contributed by atoms with E-state index in [-0.39, 0.29) is 23.3 Å². The highest BCUT2D eigenvalue weighted by Gasteiger charge is 2.29. The Balaban J connectivity index is 4.82. The van der Waals surface area contributed by atoms with E-state index in [2.05, 4.69) is 60.7 Å². The Morgan fingerprint density at radius 1 is 0.826 bits per heavy atom. The molecule has 0 aliphatic rings. The molecular weight excluding hydrogens is 282 g/mol. The maximum absolute atomic E-state index is 12.7. The zero-order valence-corrected chi connectivity index (χ0v) is 17.5. The van der Waals surface area contributed by atoms with Crippen LogP contribution in [0, 0.1) is 28.6 Å². The SMILES string of the molecule is CC(CCC(C(=O)NC(C)C)C(C)CC(C)(C)C)CC(C)(C)C. The summed E-state index contributed by atoms with van der Waals surface area (Å²) in [6, 6.07) is 0.221. The predicted octanol–water partition coefficient (Wildman–Crippen LogP) is 6.05. The molecule has 0 rings (SSSR count). The molecule has 0 aliphatic heterocycles. The Kier molecular flexibility index (Phi) is 8.87. The van der Waals surface area contributed by atoms with E-state index in [1.54, 1.807) is 0 Å². The van der Waals surface area contributed by atoms with Crippen molar-refractivity contribution in [3.8, 4) is 0 Å². The largest absolute Gasteiger partial charge is 0.354 e. The predicted molar refractivity (Wildman–Crippen MR) is 102 cm³/mol. The molecule has 0 saturated heterocycles. The molecule has 0 heterocycles. The van der Waals surface area contributed by atoms with Crippen LogP contribution in [0.25, 0.3) is 0 Å². The molecule has 0 aromatic rings. The average molecular weight is 326 g/mol. The van der Waals surface area contributed by atoms with Crippen molar-refractivity contribution in [2.45, 2.75) is 101 Å². The molecule has 0 radical (unpaired) electrons. The van der Waals surface area contributed by atoms with Crippen LogP contribution in [0.3, 0.4) is 0 Å². The van der Waals surface area contributed by atoms with Crippen LogP contribution in [0.5, 0.6) is 0 Å².